The summed E-state index contributed by atoms with van der Waals surface area (Å²) < 4.78 is 20.7. The number of allylic oxidation sites excluding steroid dienone is 3. The van der Waals surface area contributed by atoms with Crippen molar-refractivity contribution < 1.29 is 18.7 Å². The number of carbonyl (C=O) groups is 2. The molecule has 5 heteroatoms. The molecule has 154 valence electrons. The van der Waals surface area contributed by atoms with Crippen LogP contribution in [0.2, 0.25) is 0 Å². The number of fused-ring (bicyclic) bond motifs is 1. The van der Waals surface area contributed by atoms with Gasteiger partial charge in [-0.05, 0) is 50.7 Å². The molecule has 2 aliphatic carbocycles. The van der Waals surface area contributed by atoms with Gasteiger partial charge in [0.05, 0.1) is 11.5 Å². The fourth-order valence-corrected chi connectivity index (χ4v) is 4.92. The number of carbonyl (C=O) groups excluding carboxylic acids is 2. The standard InChI is InChI=1S/C24H28FNO3/c1-15-21(24(28)29-16-9-4-2-3-5-10-16)22(17-11-6-7-12-18(17)25)23-19(26-15)13-8-14-20(23)27/h6-7,11-13,16,22-23,26H,2-5,8-10,14H2,1H3. The summed E-state index contributed by atoms with van der Waals surface area (Å²) in [5.41, 5.74) is 2.19. The van der Waals surface area contributed by atoms with Crippen LogP contribution in [0.5, 0.6) is 0 Å². The van der Waals surface area contributed by atoms with Crippen molar-refractivity contribution in [1.29, 1.82) is 0 Å². The number of halogens is 1. The molecule has 1 aliphatic heterocycles. The van der Waals surface area contributed by atoms with Crippen LogP contribution < -0.4 is 5.32 Å². The van der Waals surface area contributed by atoms with Gasteiger partial charge < -0.3 is 10.1 Å². The number of benzene rings is 1. The van der Waals surface area contributed by atoms with Gasteiger partial charge >= 0.3 is 5.97 Å². The van der Waals surface area contributed by atoms with Crippen LogP contribution in [0.15, 0.2) is 47.3 Å². The Kier molecular flexibility index (Phi) is 5.84. The number of nitrogens with one attached hydrogen (secondary N) is 1. The van der Waals surface area contributed by atoms with E-state index < -0.39 is 23.6 Å². The van der Waals surface area contributed by atoms with Crippen LogP contribution in [0.1, 0.15) is 69.8 Å². The molecule has 1 aromatic rings. The van der Waals surface area contributed by atoms with Gasteiger partial charge in [-0.2, -0.15) is 0 Å². The molecule has 0 radical (unpaired) electrons. The molecule has 1 fully saturated rings. The number of rotatable bonds is 3. The highest BCUT2D eigenvalue weighted by Crippen LogP contribution is 2.44. The van der Waals surface area contributed by atoms with Gasteiger partial charge in [0.15, 0.2) is 0 Å². The van der Waals surface area contributed by atoms with Crippen molar-refractivity contribution in [3.63, 3.8) is 0 Å². The molecule has 0 spiro atoms. The van der Waals surface area contributed by atoms with Crippen molar-refractivity contribution in [2.45, 2.75) is 70.3 Å². The highest BCUT2D eigenvalue weighted by molar-refractivity contribution is 5.96. The smallest absolute Gasteiger partial charge is 0.336 e. The molecule has 1 N–H and O–H groups in total. The Balaban J connectivity index is 1.73. The Hall–Kier alpha value is -2.43. The summed E-state index contributed by atoms with van der Waals surface area (Å²) in [6.45, 7) is 1.81. The fourth-order valence-electron chi connectivity index (χ4n) is 4.92. The summed E-state index contributed by atoms with van der Waals surface area (Å²) in [4.78, 5) is 26.1. The molecule has 2 atom stereocenters. The molecule has 4 nitrogen and oxygen atoms in total. The predicted molar refractivity (Wildman–Crippen MR) is 108 cm³/mol. The van der Waals surface area contributed by atoms with Gasteiger partial charge in [0.2, 0.25) is 0 Å². The molecule has 0 saturated heterocycles. The van der Waals surface area contributed by atoms with Crippen molar-refractivity contribution in [3.8, 4) is 0 Å². The second-order valence-corrected chi connectivity index (χ2v) is 8.32. The second-order valence-electron chi connectivity index (χ2n) is 8.32. The largest absolute Gasteiger partial charge is 0.459 e. The Morgan fingerprint density at radius 2 is 1.83 bits per heavy atom. The topological polar surface area (TPSA) is 55.4 Å². The third-order valence-corrected chi connectivity index (χ3v) is 6.35. The summed E-state index contributed by atoms with van der Waals surface area (Å²) in [6.07, 6.45) is 9.13. The first kappa shape index (κ1) is 19.9. The van der Waals surface area contributed by atoms with Crippen molar-refractivity contribution in [3.05, 3.63) is 58.7 Å². The first-order valence-corrected chi connectivity index (χ1v) is 10.7. The van der Waals surface area contributed by atoms with Gasteiger partial charge in [-0.1, -0.05) is 37.1 Å². The van der Waals surface area contributed by atoms with E-state index in [1.54, 1.807) is 18.2 Å². The van der Waals surface area contributed by atoms with Crippen LogP contribution in [0.25, 0.3) is 0 Å². The SMILES string of the molecule is CC1=C(C(=O)OC2CCCCCC2)C(c2ccccc2F)C2C(=O)CCC=C2N1. The second kappa shape index (κ2) is 8.52. The van der Waals surface area contributed by atoms with Crippen molar-refractivity contribution >= 4 is 11.8 Å². The molecule has 3 aliphatic rings. The number of hydrogen-bond donors (Lipinski definition) is 1. The highest BCUT2D eigenvalue weighted by atomic mass is 19.1. The van der Waals surface area contributed by atoms with E-state index in [0.717, 1.165) is 31.4 Å². The zero-order valence-corrected chi connectivity index (χ0v) is 16.9. The van der Waals surface area contributed by atoms with Crippen LogP contribution in [0.4, 0.5) is 4.39 Å². The molecular weight excluding hydrogens is 369 g/mol. The van der Waals surface area contributed by atoms with Gasteiger partial charge in [0.25, 0.3) is 0 Å². The average Bonchev–Trinajstić information content (AvgIpc) is 2.96. The monoisotopic (exact) mass is 397 g/mol. The maximum Gasteiger partial charge on any atom is 0.336 e. The van der Waals surface area contributed by atoms with Crippen LogP contribution in [-0.4, -0.2) is 17.9 Å². The van der Waals surface area contributed by atoms with Gasteiger partial charge in [0.1, 0.15) is 17.7 Å². The molecular formula is C24H28FNO3. The molecule has 0 aromatic heterocycles. The van der Waals surface area contributed by atoms with E-state index in [-0.39, 0.29) is 11.9 Å². The van der Waals surface area contributed by atoms with Crippen LogP contribution in [-0.2, 0) is 14.3 Å². The lowest BCUT2D eigenvalue weighted by molar-refractivity contribution is -0.145. The third kappa shape index (κ3) is 4.00. The van der Waals surface area contributed by atoms with E-state index in [1.165, 1.54) is 18.9 Å². The molecule has 2 unspecified atom stereocenters. The fraction of sp³-hybridized carbons (Fsp3) is 0.500. The lowest BCUT2D eigenvalue weighted by Crippen LogP contribution is -2.41. The van der Waals surface area contributed by atoms with E-state index in [0.29, 0.717) is 29.7 Å². The van der Waals surface area contributed by atoms with Gasteiger partial charge in [0, 0.05) is 23.7 Å². The summed E-state index contributed by atoms with van der Waals surface area (Å²) in [6, 6.07) is 6.44. The van der Waals surface area contributed by atoms with Crippen LogP contribution in [0.3, 0.4) is 0 Å². The number of ketones is 1. The van der Waals surface area contributed by atoms with Crippen LogP contribution >= 0.6 is 0 Å². The molecule has 1 saturated carbocycles. The van der Waals surface area contributed by atoms with Gasteiger partial charge in [-0.3, -0.25) is 4.79 Å². The summed E-state index contributed by atoms with van der Waals surface area (Å²) in [7, 11) is 0. The first-order chi connectivity index (χ1) is 14.1. The predicted octanol–water partition coefficient (Wildman–Crippen LogP) is 4.92. The minimum absolute atomic E-state index is 0.0375. The highest BCUT2D eigenvalue weighted by Gasteiger charge is 2.44. The minimum Gasteiger partial charge on any atom is -0.459 e. The number of esters is 1. The number of hydrogen-bond acceptors (Lipinski definition) is 4. The lowest BCUT2D eigenvalue weighted by Gasteiger charge is -2.38. The molecule has 0 bridgehead atoms. The van der Waals surface area contributed by atoms with E-state index >= 15 is 0 Å². The third-order valence-electron chi connectivity index (χ3n) is 6.35. The minimum atomic E-state index is -0.658. The van der Waals surface area contributed by atoms with Crippen LogP contribution in [0, 0.1) is 11.7 Å². The maximum atomic E-state index is 14.8. The summed E-state index contributed by atoms with van der Waals surface area (Å²) >= 11 is 0. The van der Waals surface area contributed by atoms with Crippen molar-refractivity contribution in [1.82, 2.24) is 5.32 Å². The van der Waals surface area contributed by atoms with E-state index in [2.05, 4.69) is 5.32 Å². The average molecular weight is 397 g/mol. The van der Waals surface area contributed by atoms with Crippen molar-refractivity contribution in [2.24, 2.45) is 5.92 Å². The Morgan fingerprint density at radius 3 is 2.55 bits per heavy atom. The summed E-state index contributed by atoms with van der Waals surface area (Å²) in [5, 5.41) is 3.25. The quantitative estimate of drug-likeness (QED) is 0.581. The Bertz CT molecular complexity index is 865. The molecule has 29 heavy (non-hydrogen) atoms. The van der Waals surface area contributed by atoms with E-state index in [1.807, 2.05) is 13.0 Å². The Labute approximate surface area is 171 Å². The zero-order chi connectivity index (χ0) is 20.4. The lowest BCUT2D eigenvalue weighted by atomic mass is 9.71. The zero-order valence-electron chi connectivity index (χ0n) is 16.9. The Morgan fingerprint density at radius 1 is 1.10 bits per heavy atom. The van der Waals surface area contributed by atoms with Gasteiger partial charge in [-0.15, -0.1) is 0 Å². The van der Waals surface area contributed by atoms with Gasteiger partial charge in [-0.25, -0.2) is 9.18 Å². The summed E-state index contributed by atoms with van der Waals surface area (Å²) in [5.74, 6) is -2.01. The normalized spacial score (nSPS) is 25.6. The molecule has 1 heterocycles. The molecule has 1 aromatic carbocycles. The van der Waals surface area contributed by atoms with Crippen molar-refractivity contribution in [2.75, 3.05) is 0 Å². The number of Topliss-reactive ketones (excluding diaryl/α,β-unsaturated/α-hetero) is 1. The molecule has 4 rings (SSSR count). The first-order valence-electron chi connectivity index (χ1n) is 10.7. The van der Waals surface area contributed by atoms with E-state index in [4.69, 9.17) is 4.74 Å². The number of ether oxygens (including phenoxy) is 1. The molecule has 0 amide bonds. The van der Waals surface area contributed by atoms with E-state index in [9.17, 15) is 14.0 Å². The maximum absolute atomic E-state index is 14.8.